The molecule has 10 nitrogen and oxygen atoms in total. The van der Waals surface area contributed by atoms with Gasteiger partial charge in [0.05, 0.1) is 23.8 Å². The second-order valence-electron chi connectivity index (χ2n) is 10.9. The lowest BCUT2D eigenvalue weighted by atomic mass is 9.80. The van der Waals surface area contributed by atoms with Gasteiger partial charge < -0.3 is 24.6 Å². The van der Waals surface area contributed by atoms with E-state index in [0.717, 1.165) is 17.7 Å². The van der Waals surface area contributed by atoms with Gasteiger partial charge in [0.15, 0.2) is 0 Å². The molecular weight excluding hydrogens is 480 g/mol. The van der Waals surface area contributed by atoms with Gasteiger partial charge in [0, 0.05) is 5.54 Å². The molecule has 1 aromatic rings. The smallest absolute Gasteiger partial charge is 0.338 e. The standard InChI is InChI=1S/C27H40N2O8/c1-7-27(6,8-2)13-20(30)16-36-23(33)18-9-11-19(12-10-18)24(34)37-17-21(31)14-28-15-22(32)29(25(28)35)26(3,4)5/h9-12,20-21,30-31H,7-8,13-17H2,1-6H3. The maximum absolute atomic E-state index is 12.5. The molecule has 2 rings (SSSR count). The highest BCUT2D eigenvalue weighted by atomic mass is 16.5. The van der Waals surface area contributed by atoms with Gasteiger partial charge in [0.25, 0.3) is 5.91 Å². The number of carbonyl (C=O) groups excluding carboxylic acids is 4. The van der Waals surface area contributed by atoms with E-state index in [4.69, 9.17) is 9.47 Å². The highest BCUT2D eigenvalue weighted by molar-refractivity contribution is 6.02. The average molecular weight is 521 g/mol. The summed E-state index contributed by atoms with van der Waals surface area (Å²) in [7, 11) is 0. The Balaban J connectivity index is 1.82. The predicted molar refractivity (Wildman–Crippen MR) is 136 cm³/mol. The van der Waals surface area contributed by atoms with E-state index in [9.17, 15) is 29.4 Å². The van der Waals surface area contributed by atoms with Crippen molar-refractivity contribution < 1.29 is 38.9 Å². The zero-order valence-electron chi connectivity index (χ0n) is 22.7. The number of hydrogen-bond donors (Lipinski definition) is 2. The highest BCUT2D eigenvalue weighted by Gasteiger charge is 2.42. The Morgan fingerprint density at radius 1 is 0.892 bits per heavy atom. The molecule has 1 heterocycles. The van der Waals surface area contributed by atoms with Crippen LogP contribution >= 0.6 is 0 Å². The lowest BCUT2D eigenvalue weighted by molar-refractivity contribution is -0.128. The second-order valence-corrected chi connectivity index (χ2v) is 10.9. The van der Waals surface area contributed by atoms with Crippen molar-refractivity contribution in [1.82, 2.24) is 9.80 Å². The van der Waals surface area contributed by atoms with E-state index in [1.807, 2.05) is 0 Å². The molecule has 2 N–H and O–H groups in total. The molecule has 1 aliphatic heterocycles. The lowest BCUT2D eigenvalue weighted by Crippen LogP contribution is -2.47. The van der Waals surface area contributed by atoms with Crippen LogP contribution in [-0.4, -0.2) is 87.9 Å². The number of benzene rings is 1. The maximum Gasteiger partial charge on any atom is 0.338 e. The summed E-state index contributed by atoms with van der Waals surface area (Å²) in [6, 6.07) is 5.13. The lowest BCUT2D eigenvalue weighted by Gasteiger charge is -2.29. The topological polar surface area (TPSA) is 134 Å². The van der Waals surface area contributed by atoms with Gasteiger partial charge >= 0.3 is 18.0 Å². The third kappa shape index (κ3) is 8.26. The summed E-state index contributed by atoms with van der Waals surface area (Å²) in [4.78, 5) is 51.6. The molecule has 0 aliphatic carbocycles. The largest absolute Gasteiger partial charge is 0.459 e. The van der Waals surface area contributed by atoms with Crippen LogP contribution in [-0.2, 0) is 14.3 Å². The summed E-state index contributed by atoms with van der Waals surface area (Å²) < 4.78 is 10.3. The molecule has 0 bridgehead atoms. The van der Waals surface area contributed by atoms with E-state index >= 15 is 0 Å². The van der Waals surface area contributed by atoms with Gasteiger partial charge in [-0.3, -0.25) is 9.69 Å². The Morgan fingerprint density at radius 2 is 1.35 bits per heavy atom. The Morgan fingerprint density at radius 3 is 1.76 bits per heavy atom. The van der Waals surface area contributed by atoms with Crippen LogP contribution in [0.15, 0.2) is 24.3 Å². The molecule has 0 saturated carbocycles. The molecule has 1 aromatic carbocycles. The Bertz CT molecular complexity index is 966. The zero-order valence-corrected chi connectivity index (χ0v) is 22.7. The number of amides is 3. The maximum atomic E-state index is 12.5. The van der Waals surface area contributed by atoms with Crippen molar-refractivity contribution in [3.63, 3.8) is 0 Å². The van der Waals surface area contributed by atoms with Crippen LogP contribution < -0.4 is 0 Å². The minimum absolute atomic E-state index is 0.0182. The normalized spacial score (nSPS) is 16.1. The monoisotopic (exact) mass is 520 g/mol. The van der Waals surface area contributed by atoms with Crippen molar-refractivity contribution in [3.05, 3.63) is 35.4 Å². The number of β-amino-alcohol motifs (C(OH)–C–C–N with tert-alkyl or cyclic N) is 1. The van der Waals surface area contributed by atoms with Crippen LogP contribution in [0.2, 0.25) is 0 Å². The molecule has 0 spiro atoms. The molecule has 2 unspecified atom stereocenters. The first-order valence-corrected chi connectivity index (χ1v) is 12.6. The molecule has 0 aromatic heterocycles. The van der Waals surface area contributed by atoms with Crippen molar-refractivity contribution in [1.29, 1.82) is 0 Å². The highest BCUT2D eigenvalue weighted by Crippen LogP contribution is 2.31. The van der Waals surface area contributed by atoms with Crippen molar-refractivity contribution in [2.75, 3.05) is 26.3 Å². The number of urea groups is 1. The van der Waals surface area contributed by atoms with E-state index in [1.54, 1.807) is 20.8 Å². The van der Waals surface area contributed by atoms with Crippen molar-refractivity contribution in [2.45, 2.75) is 78.6 Å². The van der Waals surface area contributed by atoms with Crippen LogP contribution in [0.5, 0.6) is 0 Å². The molecule has 1 fully saturated rings. The van der Waals surface area contributed by atoms with E-state index in [-0.39, 0.29) is 48.8 Å². The van der Waals surface area contributed by atoms with Crippen LogP contribution in [0.4, 0.5) is 4.79 Å². The van der Waals surface area contributed by atoms with Gasteiger partial charge in [0.2, 0.25) is 0 Å². The van der Waals surface area contributed by atoms with Crippen LogP contribution in [0, 0.1) is 5.41 Å². The summed E-state index contributed by atoms with van der Waals surface area (Å²) >= 11 is 0. The van der Waals surface area contributed by atoms with E-state index in [1.165, 1.54) is 29.2 Å². The Hall–Kier alpha value is -2.98. The Kier molecular flexibility index (Phi) is 10.2. The molecule has 3 amide bonds. The molecule has 1 saturated heterocycles. The number of carbonyl (C=O) groups is 4. The fourth-order valence-electron chi connectivity index (χ4n) is 4.08. The quantitative estimate of drug-likeness (QED) is 0.317. The van der Waals surface area contributed by atoms with Gasteiger partial charge in [-0.1, -0.05) is 33.6 Å². The number of imide groups is 1. The first-order valence-electron chi connectivity index (χ1n) is 12.6. The first kappa shape index (κ1) is 30.2. The number of ether oxygens (including phenoxy) is 2. The van der Waals surface area contributed by atoms with E-state index in [2.05, 4.69) is 20.8 Å². The number of rotatable bonds is 12. The minimum atomic E-state index is -1.18. The van der Waals surface area contributed by atoms with Crippen LogP contribution in [0.25, 0.3) is 0 Å². The first-order chi connectivity index (χ1) is 17.2. The fourth-order valence-corrected chi connectivity index (χ4v) is 4.08. The average Bonchev–Trinajstić information content (AvgIpc) is 3.13. The third-order valence-corrected chi connectivity index (χ3v) is 6.74. The van der Waals surface area contributed by atoms with Gasteiger partial charge in [-0.2, -0.15) is 0 Å². The van der Waals surface area contributed by atoms with Crippen LogP contribution in [0.1, 0.15) is 81.5 Å². The summed E-state index contributed by atoms with van der Waals surface area (Å²) in [6.07, 6.45) is 0.411. The van der Waals surface area contributed by atoms with Crippen molar-refractivity contribution in [2.24, 2.45) is 5.41 Å². The number of aliphatic hydroxyl groups is 2. The molecule has 0 radical (unpaired) electrons. The Labute approximate surface area is 218 Å². The third-order valence-electron chi connectivity index (χ3n) is 6.74. The SMILES string of the molecule is CCC(C)(CC)CC(O)COC(=O)c1ccc(C(=O)OCC(O)CN2CC(=O)N(C(C)(C)C)C2=O)cc1. The number of nitrogens with zero attached hydrogens (tertiary/aromatic N) is 2. The van der Waals surface area contributed by atoms with Gasteiger partial charge in [-0.05, 0) is 56.9 Å². The minimum Gasteiger partial charge on any atom is -0.459 e. The molecule has 206 valence electrons. The fraction of sp³-hybridized carbons (Fsp3) is 0.630. The number of hydrogen-bond acceptors (Lipinski definition) is 8. The molecule has 10 heteroatoms. The molecule has 37 heavy (non-hydrogen) atoms. The molecule has 1 aliphatic rings. The van der Waals surface area contributed by atoms with E-state index < -0.39 is 35.7 Å². The van der Waals surface area contributed by atoms with Gasteiger partial charge in [-0.15, -0.1) is 0 Å². The van der Waals surface area contributed by atoms with Crippen molar-refractivity contribution in [3.8, 4) is 0 Å². The zero-order chi connectivity index (χ0) is 28.0. The summed E-state index contributed by atoms with van der Waals surface area (Å²) in [5.41, 5.74) is -0.310. The summed E-state index contributed by atoms with van der Waals surface area (Å²) in [5, 5.41) is 20.5. The predicted octanol–water partition coefficient (Wildman–Crippen LogP) is 3.00. The van der Waals surface area contributed by atoms with Crippen molar-refractivity contribution >= 4 is 23.9 Å². The molecular formula is C27H40N2O8. The summed E-state index contributed by atoms with van der Waals surface area (Å²) in [6.45, 7) is 10.7. The number of aliphatic hydroxyl groups excluding tert-OH is 2. The van der Waals surface area contributed by atoms with Gasteiger partial charge in [0.1, 0.15) is 25.9 Å². The molecule has 2 atom stereocenters. The second kappa shape index (κ2) is 12.5. The van der Waals surface area contributed by atoms with E-state index in [0.29, 0.717) is 6.42 Å². The number of esters is 2. The summed E-state index contributed by atoms with van der Waals surface area (Å²) in [5.74, 6) is -1.68. The van der Waals surface area contributed by atoms with Gasteiger partial charge in [-0.25, -0.2) is 14.4 Å². The van der Waals surface area contributed by atoms with Crippen LogP contribution in [0.3, 0.4) is 0 Å².